The van der Waals surface area contributed by atoms with E-state index in [-0.39, 0.29) is 5.92 Å². The van der Waals surface area contributed by atoms with E-state index in [0.717, 1.165) is 57.3 Å². The number of H-pyrrole nitrogens is 1. The lowest BCUT2D eigenvalue weighted by molar-refractivity contribution is -0.890. The van der Waals surface area contributed by atoms with Crippen molar-refractivity contribution in [1.82, 2.24) is 15.0 Å². The minimum Gasteiger partial charge on any atom is -0.451 e. The highest BCUT2D eigenvalue weighted by molar-refractivity contribution is 6.31. The molecule has 8 heteroatoms. The number of aromatic nitrogens is 4. The number of aromatic amines is 1. The standard InChI is InChI=1S/C30H29ClN5O2/c1-32-23-9-5-20(6-10-23)27-15-33-30(35-27)26(13-19-3-4-19)29-12-7-21(16-36(29)37-2)25-14-22(31)8-11-24(25)28-17-38-18-34-28/h5-12,14-19,26,32H,3-4,13H2,1-2H3,(H,33,35)/q+1. The summed E-state index contributed by atoms with van der Waals surface area (Å²) in [6, 6.07) is 18.3. The van der Waals surface area contributed by atoms with E-state index in [4.69, 9.17) is 25.8 Å². The SMILES string of the molecule is CNc1ccc(-c2cnc(C(CC3CC3)c3ccc(-c4cc(Cl)ccc4-c4cocn4)c[n+]3OC)[nH]2)cc1. The zero-order valence-corrected chi connectivity index (χ0v) is 22.1. The number of nitrogens with one attached hydrogen (secondary N) is 2. The summed E-state index contributed by atoms with van der Waals surface area (Å²) in [7, 11) is 3.61. The molecule has 2 aromatic carbocycles. The van der Waals surface area contributed by atoms with Crippen molar-refractivity contribution in [3.63, 3.8) is 0 Å². The molecule has 7 nitrogen and oxygen atoms in total. The maximum Gasteiger partial charge on any atom is 0.244 e. The van der Waals surface area contributed by atoms with Gasteiger partial charge in [-0.2, -0.15) is 0 Å². The van der Waals surface area contributed by atoms with Crippen LogP contribution in [0.2, 0.25) is 5.02 Å². The number of nitrogens with zero attached hydrogens (tertiary/aromatic N) is 3. The van der Waals surface area contributed by atoms with Gasteiger partial charge in [0.05, 0.1) is 17.5 Å². The van der Waals surface area contributed by atoms with Gasteiger partial charge in [-0.15, -0.1) is 0 Å². The lowest BCUT2D eigenvalue weighted by Gasteiger charge is -2.14. The number of halogens is 1. The summed E-state index contributed by atoms with van der Waals surface area (Å²) in [4.78, 5) is 18.7. The first-order valence-corrected chi connectivity index (χ1v) is 13.1. The number of benzene rings is 2. The van der Waals surface area contributed by atoms with Crippen LogP contribution in [-0.4, -0.2) is 29.1 Å². The Morgan fingerprint density at radius 2 is 1.89 bits per heavy atom. The van der Waals surface area contributed by atoms with E-state index >= 15 is 0 Å². The summed E-state index contributed by atoms with van der Waals surface area (Å²) in [5.41, 5.74) is 7.82. The Morgan fingerprint density at radius 1 is 1.08 bits per heavy atom. The second-order valence-electron chi connectivity index (χ2n) is 9.66. The van der Waals surface area contributed by atoms with Crippen molar-refractivity contribution in [3.8, 4) is 33.6 Å². The Morgan fingerprint density at radius 3 is 2.61 bits per heavy atom. The molecule has 1 aliphatic rings. The van der Waals surface area contributed by atoms with Crippen molar-refractivity contribution in [3.05, 3.63) is 96.2 Å². The number of anilines is 1. The summed E-state index contributed by atoms with van der Waals surface area (Å²) >= 11 is 6.40. The molecule has 2 N–H and O–H groups in total. The second-order valence-corrected chi connectivity index (χ2v) is 10.1. The summed E-state index contributed by atoms with van der Waals surface area (Å²) in [5.74, 6) is 1.70. The average molecular weight is 527 g/mol. The van der Waals surface area contributed by atoms with Gasteiger partial charge >= 0.3 is 0 Å². The molecule has 0 radical (unpaired) electrons. The van der Waals surface area contributed by atoms with Gasteiger partial charge in [-0.1, -0.05) is 42.6 Å². The van der Waals surface area contributed by atoms with Crippen molar-refractivity contribution in [1.29, 1.82) is 0 Å². The van der Waals surface area contributed by atoms with E-state index in [1.165, 1.54) is 19.2 Å². The number of hydrogen-bond donors (Lipinski definition) is 2. The predicted octanol–water partition coefficient (Wildman–Crippen LogP) is 6.37. The number of oxazole rings is 1. The first-order chi connectivity index (χ1) is 18.6. The smallest absolute Gasteiger partial charge is 0.244 e. The fourth-order valence-corrected chi connectivity index (χ4v) is 5.11. The molecular weight excluding hydrogens is 498 g/mol. The van der Waals surface area contributed by atoms with Crippen LogP contribution in [0.15, 0.2) is 84.1 Å². The monoisotopic (exact) mass is 526 g/mol. The van der Waals surface area contributed by atoms with Crippen molar-refractivity contribution in [2.45, 2.75) is 25.2 Å². The number of imidazole rings is 1. The number of rotatable bonds is 9. The molecule has 1 atom stereocenters. The van der Waals surface area contributed by atoms with Gasteiger partial charge in [-0.05, 0) is 53.8 Å². The van der Waals surface area contributed by atoms with E-state index in [2.05, 4.69) is 51.7 Å². The van der Waals surface area contributed by atoms with E-state index in [9.17, 15) is 0 Å². The Kier molecular flexibility index (Phi) is 6.60. The minimum absolute atomic E-state index is 0.0659. The van der Waals surface area contributed by atoms with Crippen LogP contribution in [0.5, 0.6) is 0 Å². The number of hydrogen-bond acceptors (Lipinski definition) is 5. The highest BCUT2D eigenvalue weighted by atomic mass is 35.5. The molecule has 0 amide bonds. The first kappa shape index (κ1) is 24.2. The quantitative estimate of drug-likeness (QED) is 0.218. The molecule has 0 spiro atoms. The van der Waals surface area contributed by atoms with E-state index in [0.29, 0.717) is 10.9 Å². The van der Waals surface area contributed by atoms with Crippen molar-refractivity contribution in [2.24, 2.45) is 5.92 Å². The molecule has 1 unspecified atom stereocenters. The fourth-order valence-electron chi connectivity index (χ4n) is 4.94. The van der Waals surface area contributed by atoms with Gasteiger partial charge in [0.25, 0.3) is 0 Å². The summed E-state index contributed by atoms with van der Waals surface area (Å²) in [6.07, 6.45) is 10.5. The third-order valence-electron chi connectivity index (χ3n) is 7.18. The minimum atomic E-state index is 0.0659. The van der Waals surface area contributed by atoms with Gasteiger partial charge in [0, 0.05) is 34.1 Å². The number of pyridine rings is 1. The highest BCUT2D eigenvalue weighted by Crippen LogP contribution is 2.41. The second kappa shape index (κ2) is 10.3. The van der Waals surface area contributed by atoms with Gasteiger partial charge in [0.1, 0.15) is 30.8 Å². The fraction of sp³-hybridized carbons (Fsp3) is 0.233. The molecule has 3 heterocycles. The van der Waals surface area contributed by atoms with Gasteiger partial charge in [0.15, 0.2) is 6.39 Å². The first-order valence-electron chi connectivity index (χ1n) is 12.7. The molecule has 3 aromatic heterocycles. The normalized spacial score (nSPS) is 13.9. The molecule has 192 valence electrons. The zero-order valence-electron chi connectivity index (χ0n) is 21.3. The van der Waals surface area contributed by atoms with Crippen LogP contribution in [0.4, 0.5) is 5.69 Å². The predicted molar refractivity (Wildman–Crippen MR) is 148 cm³/mol. The van der Waals surface area contributed by atoms with Crippen molar-refractivity contribution in [2.75, 3.05) is 19.5 Å². The Labute approximate surface area is 226 Å². The van der Waals surface area contributed by atoms with Crippen LogP contribution >= 0.6 is 11.6 Å². The summed E-state index contributed by atoms with van der Waals surface area (Å²) in [6.45, 7) is 0. The highest BCUT2D eigenvalue weighted by Gasteiger charge is 2.35. The molecular formula is C30H29ClN5O2+. The Bertz CT molecular complexity index is 1540. The zero-order chi connectivity index (χ0) is 26.1. The molecule has 1 fully saturated rings. The molecule has 5 aromatic rings. The van der Waals surface area contributed by atoms with Crippen LogP contribution < -0.4 is 14.9 Å². The third kappa shape index (κ3) is 4.89. The molecule has 0 aliphatic heterocycles. The maximum atomic E-state index is 6.40. The lowest BCUT2D eigenvalue weighted by atomic mass is 9.94. The average Bonchev–Trinajstić information content (AvgIpc) is 3.38. The molecule has 0 bridgehead atoms. The van der Waals surface area contributed by atoms with Gasteiger partial charge in [-0.25, -0.2) is 9.97 Å². The van der Waals surface area contributed by atoms with Gasteiger partial charge in [0.2, 0.25) is 11.9 Å². The van der Waals surface area contributed by atoms with Crippen LogP contribution in [0, 0.1) is 5.92 Å². The van der Waals surface area contributed by atoms with Crippen LogP contribution in [0.1, 0.15) is 36.7 Å². The largest absolute Gasteiger partial charge is 0.451 e. The Balaban J connectivity index is 1.38. The van der Waals surface area contributed by atoms with Gasteiger partial charge < -0.3 is 14.7 Å². The van der Waals surface area contributed by atoms with Crippen molar-refractivity contribution < 1.29 is 14.0 Å². The van der Waals surface area contributed by atoms with Crippen molar-refractivity contribution >= 4 is 17.3 Å². The summed E-state index contributed by atoms with van der Waals surface area (Å²) < 4.78 is 7.08. The molecule has 1 aliphatic carbocycles. The molecule has 0 saturated heterocycles. The molecule has 6 rings (SSSR count). The topological polar surface area (TPSA) is 79.8 Å². The van der Waals surface area contributed by atoms with Gasteiger partial charge in [-0.3, -0.25) is 4.84 Å². The lowest BCUT2D eigenvalue weighted by Crippen LogP contribution is -2.45. The summed E-state index contributed by atoms with van der Waals surface area (Å²) in [5, 5.41) is 3.82. The molecule has 1 saturated carbocycles. The van der Waals surface area contributed by atoms with Crippen LogP contribution in [-0.2, 0) is 0 Å². The molecule has 38 heavy (non-hydrogen) atoms. The van der Waals surface area contributed by atoms with E-state index in [1.54, 1.807) is 13.4 Å². The van der Waals surface area contributed by atoms with Crippen LogP contribution in [0.25, 0.3) is 33.6 Å². The van der Waals surface area contributed by atoms with Crippen LogP contribution in [0.3, 0.4) is 0 Å². The van der Waals surface area contributed by atoms with E-state index < -0.39 is 0 Å². The third-order valence-corrected chi connectivity index (χ3v) is 7.41. The Hall–Kier alpha value is -4.10. The van der Waals surface area contributed by atoms with E-state index in [1.807, 2.05) is 42.4 Å². The maximum absolute atomic E-state index is 6.40.